The fourth-order valence-corrected chi connectivity index (χ4v) is 4.49. The highest BCUT2D eigenvalue weighted by Crippen LogP contribution is 2.39. The maximum Gasteiger partial charge on any atom is 0.250 e. The molecule has 1 fully saturated rings. The highest BCUT2D eigenvalue weighted by atomic mass is 16.2. The molecule has 0 bridgehead atoms. The molecular formula is C24H29N7O2. The maximum absolute atomic E-state index is 13.9. The van der Waals surface area contributed by atoms with Crippen LogP contribution in [0.25, 0.3) is 0 Å². The van der Waals surface area contributed by atoms with E-state index in [9.17, 15) is 9.59 Å². The number of para-hydroxylation sites is 1. The van der Waals surface area contributed by atoms with E-state index in [0.717, 1.165) is 36.1 Å². The van der Waals surface area contributed by atoms with E-state index in [1.807, 2.05) is 62.4 Å². The van der Waals surface area contributed by atoms with Crippen LogP contribution < -0.4 is 16.0 Å². The Morgan fingerprint density at radius 3 is 2.39 bits per heavy atom. The lowest BCUT2D eigenvalue weighted by molar-refractivity contribution is -0.128. The van der Waals surface area contributed by atoms with Crippen molar-refractivity contribution in [2.75, 3.05) is 16.0 Å². The van der Waals surface area contributed by atoms with Gasteiger partial charge in [-0.2, -0.15) is 0 Å². The first-order valence-corrected chi connectivity index (χ1v) is 11.2. The van der Waals surface area contributed by atoms with Crippen LogP contribution in [0.2, 0.25) is 0 Å². The monoisotopic (exact) mass is 447 g/mol. The zero-order chi connectivity index (χ0) is 23.4. The van der Waals surface area contributed by atoms with Crippen molar-refractivity contribution in [3.8, 4) is 0 Å². The minimum Gasteiger partial charge on any atom is -0.367 e. The number of rotatable bonds is 6. The van der Waals surface area contributed by atoms with Gasteiger partial charge in [-0.25, -0.2) is 4.68 Å². The lowest BCUT2D eigenvalue weighted by atomic mass is 9.78. The van der Waals surface area contributed by atoms with Crippen molar-refractivity contribution in [3.63, 3.8) is 0 Å². The van der Waals surface area contributed by atoms with Crippen molar-refractivity contribution in [1.29, 1.82) is 0 Å². The van der Waals surface area contributed by atoms with Crippen molar-refractivity contribution in [1.82, 2.24) is 20.2 Å². The van der Waals surface area contributed by atoms with Crippen LogP contribution in [0.1, 0.15) is 43.2 Å². The largest absolute Gasteiger partial charge is 0.367 e. The van der Waals surface area contributed by atoms with Gasteiger partial charge in [-0.1, -0.05) is 60.3 Å². The van der Waals surface area contributed by atoms with Gasteiger partial charge in [-0.3, -0.25) is 14.5 Å². The number of nitrogen functional groups attached to an aromatic ring is 1. The first kappa shape index (κ1) is 22.4. The average Bonchev–Trinajstić information content (AvgIpc) is 3.21. The fourth-order valence-electron chi connectivity index (χ4n) is 4.49. The van der Waals surface area contributed by atoms with Gasteiger partial charge in [0.1, 0.15) is 12.1 Å². The number of hydrogen-bond donors (Lipinski definition) is 2. The molecule has 0 atom stereocenters. The molecule has 3 aromatic rings. The van der Waals surface area contributed by atoms with Crippen LogP contribution >= 0.6 is 0 Å². The minimum absolute atomic E-state index is 0.0502. The standard InChI is InChI=1S/C24H29N7O2/c1-17-10-12-19(13-11-17)31(21(32)16-30-23(25)27-28-29-30)24(14-6-3-7-15-24)22(33)26-20-9-5-4-8-18(20)2/h4-5,8-13H,3,6-7,14-16H2,1-2H3,(H,26,33)(H2,25,27,29). The van der Waals surface area contributed by atoms with Crippen molar-refractivity contribution >= 4 is 29.1 Å². The second-order valence-electron chi connectivity index (χ2n) is 8.62. The SMILES string of the molecule is Cc1ccc(N(C(=O)Cn2nnnc2N)C2(C(=O)Nc3ccccc3C)CCCCC2)cc1. The third kappa shape index (κ3) is 4.57. The second kappa shape index (κ2) is 9.40. The van der Waals surface area contributed by atoms with Crippen LogP contribution in [0.5, 0.6) is 0 Å². The van der Waals surface area contributed by atoms with E-state index >= 15 is 0 Å². The molecule has 0 unspecified atom stereocenters. The first-order chi connectivity index (χ1) is 15.9. The number of nitrogens with one attached hydrogen (secondary N) is 1. The van der Waals surface area contributed by atoms with E-state index in [1.165, 1.54) is 4.68 Å². The molecule has 1 aliphatic rings. The smallest absolute Gasteiger partial charge is 0.250 e. The quantitative estimate of drug-likeness (QED) is 0.599. The van der Waals surface area contributed by atoms with Gasteiger partial charge in [0, 0.05) is 11.4 Å². The number of aryl methyl sites for hydroxylation is 2. The van der Waals surface area contributed by atoms with E-state index in [1.54, 1.807) is 4.90 Å². The van der Waals surface area contributed by atoms with Gasteiger partial charge >= 0.3 is 0 Å². The van der Waals surface area contributed by atoms with Crippen LogP contribution in [-0.2, 0) is 16.1 Å². The van der Waals surface area contributed by atoms with Crippen LogP contribution in [0.4, 0.5) is 17.3 Å². The number of carbonyl (C=O) groups excluding carboxylic acids is 2. The molecule has 0 aliphatic heterocycles. The molecule has 0 saturated heterocycles. The number of amides is 2. The van der Waals surface area contributed by atoms with Crippen LogP contribution in [0.3, 0.4) is 0 Å². The predicted octanol–water partition coefficient (Wildman–Crippen LogP) is 3.25. The Morgan fingerprint density at radius 2 is 1.76 bits per heavy atom. The molecule has 1 heterocycles. The molecule has 0 radical (unpaired) electrons. The number of benzene rings is 2. The van der Waals surface area contributed by atoms with Crippen molar-refractivity contribution in [2.45, 2.75) is 58.0 Å². The summed E-state index contributed by atoms with van der Waals surface area (Å²) in [6.45, 7) is 3.78. The summed E-state index contributed by atoms with van der Waals surface area (Å²) in [7, 11) is 0. The van der Waals surface area contributed by atoms with E-state index in [-0.39, 0.29) is 24.3 Å². The summed E-state index contributed by atoms with van der Waals surface area (Å²) in [6.07, 6.45) is 3.85. The lowest BCUT2D eigenvalue weighted by Crippen LogP contribution is -2.61. The zero-order valence-electron chi connectivity index (χ0n) is 19.0. The summed E-state index contributed by atoms with van der Waals surface area (Å²) in [4.78, 5) is 29.3. The Morgan fingerprint density at radius 1 is 1.06 bits per heavy atom. The van der Waals surface area contributed by atoms with E-state index in [4.69, 9.17) is 5.73 Å². The molecule has 0 spiro atoms. The highest BCUT2D eigenvalue weighted by molar-refractivity contribution is 6.08. The first-order valence-electron chi connectivity index (χ1n) is 11.2. The fraction of sp³-hybridized carbons (Fsp3) is 0.375. The third-order valence-corrected chi connectivity index (χ3v) is 6.31. The second-order valence-corrected chi connectivity index (χ2v) is 8.62. The van der Waals surface area contributed by atoms with E-state index in [0.29, 0.717) is 18.5 Å². The zero-order valence-corrected chi connectivity index (χ0v) is 19.0. The predicted molar refractivity (Wildman–Crippen MR) is 127 cm³/mol. The molecule has 2 aromatic carbocycles. The van der Waals surface area contributed by atoms with Gasteiger partial charge in [-0.05, 0) is 60.9 Å². The number of aromatic nitrogens is 4. The topological polar surface area (TPSA) is 119 Å². The number of nitrogens with two attached hydrogens (primary N) is 1. The molecule has 3 N–H and O–H groups in total. The van der Waals surface area contributed by atoms with Crippen LogP contribution in [0.15, 0.2) is 48.5 Å². The molecule has 1 aromatic heterocycles. The number of nitrogens with zero attached hydrogens (tertiary/aromatic N) is 5. The van der Waals surface area contributed by atoms with Gasteiger partial charge < -0.3 is 11.1 Å². The Labute approximate surface area is 193 Å². The molecule has 1 saturated carbocycles. The molecule has 172 valence electrons. The Kier molecular flexibility index (Phi) is 6.39. The molecular weight excluding hydrogens is 418 g/mol. The molecule has 9 heteroatoms. The summed E-state index contributed by atoms with van der Waals surface area (Å²) < 4.78 is 1.25. The molecule has 9 nitrogen and oxygen atoms in total. The summed E-state index contributed by atoms with van der Waals surface area (Å²) in [6, 6.07) is 15.3. The summed E-state index contributed by atoms with van der Waals surface area (Å²) in [5, 5.41) is 14.1. The maximum atomic E-state index is 13.9. The van der Waals surface area contributed by atoms with Crippen molar-refractivity contribution < 1.29 is 9.59 Å². The Balaban J connectivity index is 1.77. The van der Waals surface area contributed by atoms with Gasteiger partial charge in [0.25, 0.3) is 5.91 Å². The lowest BCUT2D eigenvalue weighted by Gasteiger charge is -2.45. The summed E-state index contributed by atoms with van der Waals surface area (Å²) >= 11 is 0. The normalized spacial score (nSPS) is 15.1. The minimum atomic E-state index is -1.03. The molecule has 4 rings (SSSR count). The van der Waals surface area contributed by atoms with Gasteiger partial charge in [0.15, 0.2) is 0 Å². The van der Waals surface area contributed by atoms with Gasteiger partial charge in [-0.15, -0.1) is 0 Å². The van der Waals surface area contributed by atoms with Gasteiger partial charge in [0.05, 0.1) is 0 Å². The van der Waals surface area contributed by atoms with E-state index < -0.39 is 5.54 Å². The number of tetrazole rings is 1. The number of hydrogen-bond acceptors (Lipinski definition) is 6. The van der Waals surface area contributed by atoms with Gasteiger partial charge in [0.2, 0.25) is 11.9 Å². The Hall–Kier alpha value is -3.75. The number of anilines is 3. The van der Waals surface area contributed by atoms with Crippen molar-refractivity contribution in [2.24, 2.45) is 0 Å². The van der Waals surface area contributed by atoms with Crippen LogP contribution in [0, 0.1) is 13.8 Å². The third-order valence-electron chi connectivity index (χ3n) is 6.31. The molecule has 2 amide bonds. The van der Waals surface area contributed by atoms with E-state index in [2.05, 4.69) is 20.8 Å². The Bertz CT molecular complexity index is 1130. The summed E-state index contributed by atoms with van der Waals surface area (Å²) in [5.74, 6) is -0.427. The number of carbonyl (C=O) groups is 2. The molecule has 33 heavy (non-hydrogen) atoms. The summed E-state index contributed by atoms with van der Waals surface area (Å²) in [5.41, 5.74) is 8.22. The average molecular weight is 448 g/mol. The highest BCUT2D eigenvalue weighted by Gasteiger charge is 2.48. The van der Waals surface area contributed by atoms with Crippen LogP contribution in [-0.4, -0.2) is 37.6 Å². The molecule has 1 aliphatic carbocycles. The van der Waals surface area contributed by atoms with Crippen molar-refractivity contribution in [3.05, 3.63) is 59.7 Å².